The third-order valence-corrected chi connectivity index (χ3v) is 5.52. The van der Waals surface area contributed by atoms with Crippen LogP contribution in [0.1, 0.15) is 0 Å². The number of methoxy groups -OCH3 is 1. The molecule has 2 aromatic carbocycles. The van der Waals surface area contributed by atoms with E-state index in [-0.39, 0.29) is 17.1 Å². The number of hydrogen-bond acceptors (Lipinski definition) is 8. The lowest BCUT2D eigenvalue weighted by Crippen LogP contribution is -2.30. The number of amides is 1. The lowest BCUT2D eigenvalue weighted by molar-refractivity contribution is -0.384. The maximum absolute atomic E-state index is 12.8. The maximum atomic E-state index is 12.8. The van der Waals surface area contributed by atoms with Crippen LogP contribution in [0.2, 0.25) is 0 Å². The number of aromatic nitrogens is 3. The molecular weight excluding hydrogens is 422 g/mol. The fourth-order valence-electron chi connectivity index (χ4n) is 2.95. The first-order valence-corrected chi connectivity index (χ1v) is 9.83. The van der Waals surface area contributed by atoms with Gasteiger partial charge in [-0.25, -0.2) is 4.68 Å². The molecule has 1 amide bonds. The Labute approximate surface area is 178 Å². The summed E-state index contributed by atoms with van der Waals surface area (Å²) in [6, 6.07) is 15.3. The summed E-state index contributed by atoms with van der Waals surface area (Å²) in [6.07, 6.45) is 0. The van der Waals surface area contributed by atoms with Crippen molar-refractivity contribution in [2.75, 3.05) is 12.4 Å². The highest BCUT2D eigenvalue weighted by atomic mass is 32.1. The highest BCUT2D eigenvalue weighted by Crippen LogP contribution is 2.30. The summed E-state index contributed by atoms with van der Waals surface area (Å²) >= 11 is 1.33. The Hall–Kier alpha value is -4.12. The standard InChI is InChI=1S/C20H15N5O5S/c1-30-13-7-8-15(16(9-13)25(28)29)21-18(26)11-24-20(27)14-10-17(31-19(14)22-23-24)12-5-3-2-4-6-12/h2-10H,11H2,1H3,(H,21,26). The van der Waals surface area contributed by atoms with E-state index >= 15 is 0 Å². The van der Waals surface area contributed by atoms with E-state index < -0.39 is 22.9 Å². The molecule has 0 aliphatic carbocycles. The zero-order valence-electron chi connectivity index (χ0n) is 16.1. The fourth-order valence-corrected chi connectivity index (χ4v) is 3.92. The van der Waals surface area contributed by atoms with Crippen molar-refractivity contribution in [1.29, 1.82) is 0 Å². The van der Waals surface area contributed by atoms with Gasteiger partial charge in [0.15, 0.2) is 4.83 Å². The molecule has 11 heteroatoms. The third-order valence-electron chi connectivity index (χ3n) is 4.45. The molecule has 0 aliphatic rings. The lowest BCUT2D eigenvalue weighted by atomic mass is 10.2. The Morgan fingerprint density at radius 1 is 1.23 bits per heavy atom. The molecule has 4 aromatic rings. The minimum absolute atomic E-state index is 0.0141. The molecule has 0 unspecified atom stereocenters. The van der Waals surface area contributed by atoms with Gasteiger partial charge in [0.1, 0.15) is 18.0 Å². The molecule has 0 spiro atoms. The Kier molecular flexibility index (Phi) is 5.41. The number of carbonyl (C=O) groups is 1. The Morgan fingerprint density at radius 3 is 2.71 bits per heavy atom. The van der Waals surface area contributed by atoms with Gasteiger partial charge in [-0.1, -0.05) is 35.5 Å². The molecule has 0 atom stereocenters. The number of nitro benzene ring substituents is 1. The Bertz CT molecular complexity index is 1350. The van der Waals surface area contributed by atoms with Gasteiger partial charge in [0.05, 0.1) is 23.5 Å². The zero-order valence-corrected chi connectivity index (χ0v) is 17.0. The van der Waals surface area contributed by atoms with Crippen molar-refractivity contribution >= 4 is 38.8 Å². The summed E-state index contributed by atoms with van der Waals surface area (Å²) in [6.45, 7) is -0.443. The molecule has 0 saturated carbocycles. The van der Waals surface area contributed by atoms with Crippen LogP contribution in [-0.4, -0.2) is 32.9 Å². The van der Waals surface area contributed by atoms with Crippen LogP contribution >= 0.6 is 11.3 Å². The van der Waals surface area contributed by atoms with Gasteiger partial charge in [0.25, 0.3) is 11.2 Å². The SMILES string of the molecule is COc1ccc(NC(=O)Cn2nnc3sc(-c4ccccc4)cc3c2=O)c([N+](=O)[O-])c1. The molecule has 0 bridgehead atoms. The molecule has 0 fully saturated rings. The maximum Gasteiger partial charge on any atom is 0.296 e. The van der Waals surface area contributed by atoms with Gasteiger partial charge in [-0.3, -0.25) is 19.7 Å². The molecular formula is C20H15N5O5S. The number of nitrogens with one attached hydrogen (secondary N) is 1. The quantitative estimate of drug-likeness (QED) is 0.362. The normalized spacial score (nSPS) is 10.7. The van der Waals surface area contributed by atoms with E-state index in [1.54, 1.807) is 6.07 Å². The molecule has 0 aliphatic heterocycles. The van der Waals surface area contributed by atoms with Crippen LogP contribution in [0.25, 0.3) is 20.7 Å². The number of anilines is 1. The number of fused-ring (bicyclic) bond motifs is 1. The van der Waals surface area contributed by atoms with Gasteiger partial charge in [-0.15, -0.1) is 16.4 Å². The summed E-state index contributed by atoms with van der Waals surface area (Å²) in [7, 11) is 1.38. The van der Waals surface area contributed by atoms with Crippen molar-refractivity contribution in [3.8, 4) is 16.2 Å². The van der Waals surface area contributed by atoms with Gasteiger partial charge >= 0.3 is 0 Å². The van der Waals surface area contributed by atoms with Crippen LogP contribution in [0, 0.1) is 10.1 Å². The largest absolute Gasteiger partial charge is 0.496 e. The number of hydrogen-bond donors (Lipinski definition) is 1. The Balaban J connectivity index is 1.59. The monoisotopic (exact) mass is 437 g/mol. The summed E-state index contributed by atoms with van der Waals surface area (Å²) in [4.78, 5) is 37.2. The predicted octanol–water partition coefficient (Wildman–Crippen LogP) is 3.08. The topological polar surface area (TPSA) is 129 Å². The average Bonchev–Trinajstić information content (AvgIpc) is 3.22. The van der Waals surface area contributed by atoms with Crippen LogP contribution in [0.5, 0.6) is 5.75 Å². The van der Waals surface area contributed by atoms with Gasteiger partial charge < -0.3 is 10.1 Å². The summed E-state index contributed by atoms with van der Waals surface area (Å²) < 4.78 is 5.90. The minimum Gasteiger partial charge on any atom is -0.496 e. The van der Waals surface area contributed by atoms with Gasteiger partial charge in [-0.2, -0.15) is 0 Å². The number of thiophene rings is 1. The number of benzene rings is 2. The molecule has 0 saturated heterocycles. The molecule has 2 heterocycles. The summed E-state index contributed by atoms with van der Waals surface area (Å²) in [5, 5.41) is 21.9. The van der Waals surface area contributed by atoms with E-state index in [4.69, 9.17) is 4.74 Å². The van der Waals surface area contributed by atoms with Crippen molar-refractivity contribution in [3.63, 3.8) is 0 Å². The van der Waals surface area contributed by atoms with Crippen LogP contribution in [0.3, 0.4) is 0 Å². The molecule has 0 radical (unpaired) electrons. The fraction of sp³-hybridized carbons (Fsp3) is 0.100. The number of nitrogens with zero attached hydrogens (tertiary/aromatic N) is 4. The zero-order chi connectivity index (χ0) is 22.0. The first kappa shape index (κ1) is 20.2. The van der Waals surface area contributed by atoms with Gasteiger partial charge in [0, 0.05) is 4.88 Å². The summed E-state index contributed by atoms with van der Waals surface area (Å²) in [5.41, 5.74) is 0.135. The van der Waals surface area contributed by atoms with Gasteiger partial charge in [-0.05, 0) is 23.8 Å². The van der Waals surface area contributed by atoms with E-state index in [2.05, 4.69) is 15.6 Å². The average molecular weight is 437 g/mol. The number of rotatable bonds is 6. The van der Waals surface area contributed by atoms with E-state index in [9.17, 15) is 19.7 Å². The van der Waals surface area contributed by atoms with E-state index in [0.29, 0.717) is 10.2 Å². The molecule has 156 valence electrons. The highest BCUT2D eigenvalue weighted by Gasteiger charge is 2.19. The first-order chi connectivity index (χ1) is 15.0. The van der Waals surface area contributed by atoms with Gasteiger partial charge in [0.2, 0.25) is 5.91 Å². The highest BCUT2D eigenvalue weighted by molar-refractivity contribution is 7.21. The second-order valence-electron chi connectivity index (χ2n) is 6.44. The van der Waals surface area contributed by atoms with Crippen molar-refractivity contribution in [3.05, 3.63) is 75.1 Å². The van der Waals surface area contributed by atoms with Crippen LogP contribution in [0.15, 0.2) is 59.4 Å². The van der Waals surface area contributed by atoms with E-state index in [1.807, 2.05) is 30.3 Å². The number of nitro groups is 1. The van der Waals surface area contributed by atoms with Crippen LogP contribution < -0.4 is 15.6 Å². The summed E-state index contributed by atoms with van der Waals surface area (Å²) in [5.74, 6) is -0.369. The molecule has 10 nitrogen and oxygen atoms in total. The van der Waals surface area contributed by atoms with Crippen molar-refractivity contribution in [2.45, 2.75) is 6.54 Å². The molecule has 2 aromatic heterocycles. The lowest BCUT2D eigenvalue weighted by Gasteiger charge is -2.08. The number of ether oxygens (including phenoxy) is 1. The molecule has 4 rings (SSSR count). The van der Waals surface area contributed by atoms with Crippen LogP contribution in [-0.2, 0) is 11.3 Å². The van der Waals surface area contributed by atoms with E-state index in [1.165, 1.54) is 36.6 Å². The second kappa shape index (κ2) is 8.32. The van der Waals surface area contributed by atoms with E-state index in [0.717, 1.165) is 15.1 Å². The van der Waals surface area contributed by atoms with Crippen LogP contribution in [0.4, 0.5) is 11.4 Å². The molecule has 1 N–H and O–H groups in total. The van der Waals surface area contributed by atoms with Crippen molar-refractivity contribution < 1.29 is 14.5 Å². The minimum atomic E-state index is -0.650. The Morgan fingerprint density at radius 2 is 2.00 bits per heavy atom. The van der Waals surface area contributed by atoms with Crippen molar-refractivity contribution in [1.82, 2.24) is 15.0 Å². The molecule has 31 heavy (non-hydrogen) atoms. The number of carbonyl (C=O) groups excluding carboxylic acids is 1. The predicted molar refractivity (Wildman–Crippen MR) is 115 cm³/mol. The first-order valence-electron chi connectivity index (χ1n) is 9.01. The second-order valence-corrected chi connectivity index (χ2v) is 7.47. The smallest absolute Gasteiger partial charge is 0.296 e. The third kappa shape index (κ3) is 4.12. The van der Waals surface area contributed by atoms with Crippen molar-refractivity contribution in [2.24, 2.45) is 0 Å².